The first-order chi connectivity index (χ1) is 18.9. The lowest BCUT2D eigenvalue weighted by atomic mass is 9.87. The van der Waals surface area contributed by atoms with Gasteiger partial charge in [0.1, 0.15) is 6.29 Å². The lowest BCUT2D eigenvalue weighted by Crippen LogP contribution is -2.46. The average Bonchev–Trinajstić information content (AvgIpc) is 3.36. The maximum absolute atomic E-state index is 13.0. The number of aromatic nitrogens is 1. The van der Waals surface area contributed by atoms with Crippen molar-refractivity contribution in [2.24, 2.45) is 5.92 Å². The molecule has 2 fully saturated rings. The number of hydrogen-bond donors (Lipinski definition) is 1. The van der Waals surface area contributed by atoms with Gasteiger partial charge in [0.25, 0.3) is 0 Å². The first-order valence-electron chi connectivity index (χ1n) is 14.2. The number of methoxy groups -OCH3 is 2. The Bertz CT molecular complexity index is 1320. The van der Waals surface area contributed by atoms with Crippen LogP contribution in [0.25, 0.3) is 22.2 Å². The number of H-pyrrole nitrogens is 1. The number of benzene rings is 2. The van der Waals surface area contributed by atoms with Gasteiger partial charge in [-0.05, 0) is 85.5 Å². The lowest BCUT2D eigenvalue weighted by Gasteiger charge is -2.35. The molecule has 39 heavy (non-hydrogen) atoms. The van der Waals surface area contributed by atoms with E-state index >= 15 is 0 Å². The van der Waals surface area contributed by atoms with Crippen molar-refractivity contribution in [3.63, 3.8) is 0 Å². The molecule has 2 saturated heterocycles. The molecule has 0 bridgehead atoms. The fourth-order valence-corrected chi connectivity index (χ4v) is 6.40. The van der Waals surface area contributed by atoms with Crippen molar-refractivity contribution >= 4 is 23.1 Å². The Kier molecular flexibility index (Phi) is 8.26. The number of amides is 1. The summed E-state index contributed by atoms with van der Waals surface area (Å²) in [4.78, 5) is 32.0. The molecule has 7 nitrogen and oxygen atoms in total. The summed E-state index contributed by atoms with van der Waals surface area (Å²) in [6.45, 7) is 8.10. The van der Waals surface area contributed by atoms with Crippen LogP contribution in [-0.2, 0) is 9.59 Å². The molecule has 0 spiro atoms. The first kappa shape index (κ1) is 27.3. The number of aromatic amines is 1. The van der Waals surface area contributed by atoms with Gasteiger partial charge < -0.3 is 24.2 Å². The van der Waals surface area contributed by atoms with Crippen LogP contribution in [0, 0.1) is 5.92 Å². The number of aldehydes is 1. The quantitative estimate of drug-likeness (QED) is 0.384. The van der Waals surface area contributed by atoms with Crippen LogP contribution in [0.4, 0.5) is 0 Å². The summed E-state index contributed by atoms with van der Waals surface area (Å²) >= 11 is 0. The summed E-state index contributed by atoms with van der Waals surface area (Å²) < 4.78 is 11.0. The number of piperidine rings is 2. The molecule has 1 atom stereocenters. The fourth-order valence-electron chi connectivity index (χ4n) is 6.40. The molecule has 0 saturated carbocycles. The fraction of sp³-hybridized carbons (Fsp3) is 0.500. The van der Waals surface area contributed by atoms with E-state index in [1.54, 1.807) is 14.2 Å². The number of carbonyl (C=O) groups excluding carboxylic acids is 2. The number of rotatable bonds is 8. The highest BCUT2D eigenvalue weighted by molar-refractivity contribution is 5.92. The second-order valence-electron chi connectivity index (χ2n) is 11.4. The number of ether oxygens (including phenoxy) is 2. The van der Waals surface area contributed by atoms with E-state index in [-0.39, 0.29) is 11.8 Å². The maximum atomic E-state index is 13.0. The summed E-state index contributed by atoms with van der Waals surface area (Å²) in [5, 5.41) is 1.26. The largest absolute Gasteiger partial charge is 0.493 e. The van der Waals surface area contributed by atoms with Gasteiger partial charge >= 0.3 is 0 Å². The van der Waals surface area contributed by atoms with Crippen LogP contribution in [0.1, 0.15) is 62.5 Å². The zero-order valence-corrected chi connectivity index (χ0v) is 23.7. The lowest BCUT2D eigenvalue weighted by molar-refractivity contribution is -0.134. The van der Waals surface area contributed by atoms with E-state index in [4.69, 9.17) is 9.47 Å². The third-order valence-corrected chi connectivity index (χ3v) is 8.52. The van der Waals surface area contributed by atoms with Crippen LogP contribution in [0.15, 0.2) is 36.4 Å². The summed E-state index contributed by atoms with van der Waals surface area (Å²) in [5.41, 5.74) is 5.98. The van der Waals surface area contributed by atoms with E-state index in [1.807, 2.05) is 17.0 Å². The van der Waals surface area contributed by atoms with Crippen LogP contribution >= 0.6 is 0 Å². The molecule has 5 rings (SSSR count). The number of fused-ring (bicyclic) bond motifs is 1. The Morgan fingerprint density at radius 3 is 2.49 bits per heavy atom. The summed E-state index contributed by atoms with van der Waals surface area (Å²) in [7, 11) is 3.32. The Morgan fingerprint density at radius 2 is 1.79 bits per heavy atom. The van der Waals surface area contributed by atoms with Crippen molar-refractivity contribution in [1.29, 1.82) is 0 Å². The highest BCUT2D eigenvalue weighted by atomic mass is 16.5. The summed E-state index contributed by atoms with van der Waals surface area (Å²) in [6.07, 6.45) is 4.92. The summed E-state index contributed by atoms with van der Waals surface area (Å²) in [5.74, 6) is 2.48. The second kappa shape index (κ2) is 11.8. The minimum atomic E-state index is 0.0728. The maximum Gasteiger partial charge on any atom is 0.236 e. The Labute approximate surface area is 231 Å². The van der Waals surface area contributed by atoms with Crippen LogP contribution in [-0.4, -0.2) is 73.9 Å². The molecule has 0 radical (unpaired) electrons. The second-order valence-corrected chi connectivity index (χ2v) is 11.4. The van der Waals surface area contributed by atoms with Gasteiger partial charge in [-0.15, -0.1) is 0 Å². The Balaban J connectivity index is 1.32. The minimum Gasteiger partial charge on any atom is -0.493 e. The van der Waals surface area contributed by atoms with Crippen molar-refractivity contribution in [3.8, 4) is 22.8 Å². The molecule has 1 aromatic heterocycles. The van der Waals surface area contributed by atoms with E-state index in [9.17, 15) is 9.59 Å². The standard InChI is InChI=1S/C32H41N3O4/c1-21(2)31-26-16-24(7-9-27(26)33-32(31)25-8-10-28(38-3)29(17-25)39-4)23-11-14-35(15-12-23)30(37)19-34-13-5-6-22(18-34)20-36/h7-10,16-17,20-23,33H,5-6,11-15,18-19H2,1-4H3/t22-/m0/s1. The van der Waals surface area contributed by atoms with Gasteiger partial charge in [-0.3, -0.25) is 9.69 Å². The van der Waals surface area contributed by atoms with Gasteiger partial charge in [0, 0.05) is 42.0 Å². The molecule has 2 aliphatic rings. The molecule has 3 heterocycles. The Morgan fingerprint density at radius 1 is 1.03 bits per heavy atom. The highest BCUT2D eigenvalue weighted by Gasteiger charge is 2.28. The monoisotopic (exact) mass is 531 g/mol. The van der Waals surface area contributed by atoms with Crippen LogP contribution in [0.5, 0.6) is 11.5 Å². The molecular weight excluding hydrogens is 490 g/mol. The third-order valence-electron chi connectivity index (χ3n) is 8.52. The molecule has 3 aromatic rings. The molecule has 2 aromatic carbocycles. The number of likely N-dealkylation sites (tertiary alicyclic amines) is 2. The van der Waals surface area contributed by atoms with Crippen LogP contribution < -0.4 is 9.47 Å². The zero-order chi connectivity index (χ0) is 27.5. The molecule has 0 unspecified atom stereocenters. The van der Waals surface area contributed by atoms with Gasteiger partial charge in [0.2, 0.25) is 5.91 Å². The predicted octanol–water partition coefficient (Wildman–Crippen LogP) is 5.59. The third kappa shape index (κ3) is 5.69. The van der Waals surface area contributed by atoms with E-state index in [1.165, 1.54) is 16.5 Å². The molecule has 1 amide bonds. The van der Waals surface area contributed by atoms with Gasteiger partial charge in [-0.25, -0.2) is 0 Å². The van der Waals surface area contributed by atoms with Gasteiger partial charge in [0.05, 0.1) is 26.5 Å². The summed E-state index contributed by atoms with van der Waals surface area (Å²) in [6, 6.07) is 12.9. The number of nitrogens with zero attached hydrogens (tertiary/aromatic N) is 2. The SMILES string of the molecule is COc1ccc(-c2[nH]c3ccc(C4CCN(C(=O)CN5CCC[C@H](C=O)C5)CC4)cc3c2C(C)C)cc1OC. The van der Waals surface area contributed by atoms with Crippen LogP contribution in [0.2, 0.25) is 0 Å². The van der Waals surface area contributed by atoms with Crippen molar-refractivity contribution in [2.75, 3.05) is 46.9 Å². The van der Waals surface area contributed by atoms with Gasteiger partial charge in [-0.2, -0.15) is 0 Å². The molecule has 2 aliphatic heterocycles. The smallest absolute Gasteiger partial charge is 0.236 e. The van der Waals surface area contributed by atoms with Gasteiger partial charge in [-0.1, -0.05) is 19.9 Å². The van der Waals surface area contributed by atoms with Crippen molar-refractivity contribution in [2.45, 2.75) is 51.4 Å². The Hall–Kier alpha value is -3.32. The first-order valence-corrected chi connectivity index (χ1v) is 14.2. The normalized spacial score (nSPS) is 19.0. The van der Waals surface area contributed by atoms with Crippen molar-refractivity contribution in [3.05, 3.63) is 47.5 Å². The average molecular weight is 532 g/mol. The zero-order valence-electron chi connectivity index (χ0n) is 23.7. The molecule has 208 valence electrons. The highest BCUT2D eigenvalue weighted by Crippen LogP contribution is 2.40. The molecule has 0 aliphatic carbocycles. The van der Waals surface area contributed by atoms with E-state index in [0.29, 0.717) is 30.7 Å². The molecule has 1 N–H and O–H groups in total. The minimum absolute atomic E-state index is 0.0728. The van der Waals surface area contributed by atoms with E-state index in [0.717, 1.165) is 74.1 Å². The van der Waals surface area contributed by atoms with Crippen molar-refractivity contribution < 1.29 is 19.1 Å². The number of carbonyl (C=O) groups is 2. The van der Waals surface area contributed by atoms with E-state index < -0.39 is 0 Å². The molecule has 7 heteroatoms. The van der Waals surface area contributed by atoms with E-state index in [2.05, 4.69) is 48.0 Å². The number of hydrogen-bond acceptors (Lipinski definition) is 5. The number of nitrogens with one attached hydrogen (secondary N) is 1. The van der Waals surface area contributed by atoms with Gasteiger partial charge in [0.15, 0.2) is 11.5 Å². The topological polar surface area (TPSA) is 74.9 Å². The van der Waals surface area contributed by atoms with Crippen LogP contribution in [0.3, 0.4) is 0 Å². The molecular formula is C32H41N3O4. The van der Waals surface area contributed by atoms with Crippen molar-refractivity contribution in [1.82, 2.24) is 14.8 Å². The predicted molar refractivity (Wildman–Crippen MR) is 155 cm³/mol.